The third kappa shape index (κ3) is 2.91. The van der Waals surface area contributed by atoms with Crippen molar-refractivity contribution in [3.63, 3.8) is 0 Å². The number of hydrogen-bond acceptors (Lipinski definition) is 6. The maximum atomic E-state index is 12.2. The molecule has 2 aromatic carbocycles. The number of aryl methyl sites for hydroxylation is 1. The number of benzene rings is 2. The van der Waals surface area contributed by atoms with Crippen molar-refractivity contribution in [2.45, 2.75) is 25.2 Å². The van der Waals surface area contributed by atoms with Crippen LogP contribution >= 0.6 is 0 Å². The molecular weight excluding hydrogens is 338 g/mol. The zero-order chi connectivity index (χ0) is 18.1. The molecule has 2 atom stereocenters. The van der Waals surface area contributed by atoms with Crippen LogP contribution in [0.1, 0.15) is 35.4 Å². The fourth-order valence-corrected chi connectivity index (χ4v) is 3.17. The van der Waals surface area contributed by atoms with E-state index in [9.17, 15) is 15.2 Å². The van der Waals surface area contributed by atoms with Crippen molar-refractivity contribution < 1.29 is 24.0 Å². The van der Waals surface area contributed by atoms with E-state index in [0.29, 0.717) is 18.5 Å². The van der Waals surface area contributed by atoms with Crippen molar-refractivity contribution in [1.29, 1.82) is 0 Å². The molecule has 8 nitrogen and oxygen atoms in total. The number of non-ortho nitro benzene ring substituents is 1. The lowest BCUT2D eigenvalue weighted by Gasteiger charge is -2.20. The van der Waals surface area contributed by atoms with E-state index in [1.54, 1.807) is 12.1 Å². The lowest BCUT2D eigenvalue weighted by atomic mass is 10.0. The van der Waals surface area contributed by atoms with Crippen LogP contribution in [0, 0.1) is 10.1 Å². The molecule has 4 rings (SSSR count). The Bertz CT molecular complexity index is 941. The first-order valence-corrected chi connectivity index (χ1v) is 8.15. The van der Waals surface area contributed by atoms with Gasteiger partial charge in [-0.25, -0.2) is 0 Å². The summed E-state index contributed by atoms with van der Waals surface area (Å²) < 4.78 is 12.5. The topological polar surface area (TPSA) is 105 Å². The van der Waals surface area contributed by atoms with Gasteiger partial charge in [0.2, 0.25) is 0 Å². The van der Waals surface area contributed by atoms with Crippen LogP contribution in [0.4, 0.5) is 5.69 Å². The molecule has 26 heavy (non-hydrogen) atoms. The Balaban J connectivity index is 1.79. The van der Waals surface area contributed by atoms with Crippen LogP contribution in [-0.2, 0) is 11.3 Å². The average Bonchev–Trinajstić information content (AvgIpc) is 2.92. The Morgan fingerprint density at radius 2 is 1.88 bits per heavy atom. The Kier molecular flexibility index (Phi) is 4.10. The summed E-state index contributed by atoms with van der Waals surface area (Å²) in [4.78, 5) is 10.6. The molecular formula is C18H15N3O5. The first-order chi connectivity index (χ1) is 12.6. The van der Waals surface area contributed by atoms with Gasteiger partial charge in [-0.15, -0.1) is 0 Å². The summed E-state index contributed by atoms with van der Waals surface area (Å²) >= 11 is 0. The summed E-state index contributed by atoms with van der Waals surface area (Å²) in [7, 11) is 0. The van der Waals surface area contributed by atoms with Gasteiger partial charge in [-0.2, -0.15) is 0 Å². The Hall–Kier alpha value is -3.26. The Labute approximate surface area is 148 Å². The van der Waals surface area contributed by atoms with Gasteiger partial charge in [0.25, 0.3) is 11.4 Å². The highest BCUT2D eigenvalue weighted by molar-refractivity contribution is 5.38. The monoisotopic (exact) mass is 353 g/mol. The second-order valence-corrected chi connectivity index (χ2v) is 6.02. The molecule has 0 saturated heterocycles. The molecule has 0 N–H and O–H groups in total. The highest BCUT2D eigenvalue weighted by Gasteiger charge is 2.36. The van der Waals surface area contributed by atoms with Gasteiger partial charge in [-0.3, -0.25) is 10.1 Å². The molecule has 1 aliphatic rings. The van der Waals surface area contributed by atoms with E-state index < -0.39 is 17.0 Å². The van der Waals surface area contributed by atoms with E-state index in [4.69, 9.17) is 9.26 Å². The van der Waals surface area contributed by atoms with Crippen LogP contribution in [0.15, 0.2) is 59.1 Å². The second kappa shape index (κ2) is 6.57. The summed E-state index contributed by atoms with van der Waals surface area (Å²) in [5, 5.41) is 27.1. The molecule has 132 valence electrons. The Morgan fingerprint density at radius 1 is 1.12 bits per heavy atom. The van der Waals surface area contributed by atoms with Crippen molar-refractivity contribution in [3.8, 4) is 5.95 Å². The highest BCUT2D eigenvalue weighted by Crippen LogP contribution is 2.37. The third-order valence-corrected chi connectivity index (χ3v) is 4.42. The molecule has 8 heteroatoms. The Morgan fingerprint density at radius 3 is 2.65 bits per heavy atom. The molecule has 0 bridgehead atoms. The SMILES string of the molecule is O=[N+]([O-])c1cccc([C@@H]2O[C@H](c3ccccc3)CC[n+]3noc([O-])c32)c1. The molecule has 1 aromatic heterocycles. The van der Waals surface area contributed by atoms with E-state index >= 15 is 0 Å². The third-order valence-electron chi connectivity index (χ3n) is 4.42. The summed E-state index contributed by atoms with van der Waals surface area (Å²) in [6.07, 6.45) is -0.484. The van der Waals surface area contributed by atoms with Gasteiger partial charge in [0.05, 0.1) is 16.3 Å². The largest absolute Gasteiger partial charge is 0.539 e. The van der Waals surface area contributed by atoms with Gasteiger partial charge in [0.15, 0.2) is 18.6 Å². The molecule has 2 heterocycles. The molecule has 0 unspecified atom stereocenters. The summed E-state index contributed by atoms with van der Waals surface area (Å²) in [5.41, 5.74) is 1.65. The predicted octanol–water partition coefficient (Wildman–Crippen LogP) is 2.19. The van der Waals surface area contributed by atoms with E-state index in [2.05, 4.69) is 5.27 Å². The number of nitrogens with zero attached hydrogens (tertiary/aromatic N) is 3. The number of aromatic nitrogens is 2. The van der Waals surface area contributed by atoms with Gasteiger partial charge >= 0.3 is 0 Å². The van der Waals surface area contributed by atoms with E-state index in [1.807, 2.05) is 30.3 Å². The molecule has 0 radical (unpaired) electrons. The minimum atomic E-state index is -0.804. The van der Waals surface area contributed by atoms with Gasteiger partial charge < -0.3 is 14.4 Å². The predicted molar refractivity (Wildman–Crippen MR) is 86.0 cm³/mol. The van der Waals surface area contributed by atoms with Gasteiger partial charge in [-0.1, -0.05) is 47.1 Å². The van der Waals surface area contributed by atoms with Crippen molar-refractivity contribution >= 4 is 5.69 Å². The van der Waals surface area contributed by atoms with Crippen molar-refractivity contribution in [2.24, 2.45) is 0 Å². The van der Waals surface area contributed by atoms with E-state index in [-0.39, 0.29) is 17.5 Å². The van der Waals surface area contributed by atoms with Crippen LogP contribution < -0.4 is 9.79 Å². The molecule has 0 amide bonds. The molecule has 0 aliphatic carbocycles. The van der Waals surface area contributed by atoms with E-state index in [1.165, 1.54) is 16.8 Å². The van der Waals surface area contributed by atoms with Gasteiger partial charge in [0.1, 0.15) is 0 Å². The average molecular weight is 353 g/mol. The first-order valence-electron chi connectivity index (χ1n) is 8.15. The number of rotatable bonds is 3. The van der Waals surface area contributed by atoms with Crippen LogP contribution in [0.2, 0.25) is 0 Å². The van der Waals surface area contributed by atoms with E-state index in [0.717, 1.165) is 5.56 Å². The number of hydrogen-bond donors (Lipinski definition) is 0. The second-order valence-electron chi connectivity index (χ2n) is 6.02. The molecule has 0 fully saturated rings. The maximum Gasteiger partial charge on any atom is 0.269 e. The van der Waals surface area contributed by atoms with Crippen LogP contribution in [-0.4, -0.2) is 10.2 Å². The maximum absolute atomic E-state index is 12.2. The molecule has 3 aromatic rings. The van der Waals surface area contributed by atoms with Crippen molar-refractivity contribution in [3.05, 3.63) is 81.5 Å². The minimum absolute atomic E-state index is 0.0675. The van der Waals surface area contributed by atoms with Gasteiger partial charge in [0, 0.05) is 18.6 Å². The molecule has 1 aliphatic heterocycles. The normalized spacial score (nSPS) is 19.5. The molecule has 0 spiro atoms. The smallest absolute Gasteiger partial charge is 0.269 e. The first kappa shape index (κ1) is 16.2. The lowest BCUT2D eigenvalue weighted by molar-refractivity contribution is -0.768. The summed E-state index contributed by atoms with van der Waals surface area (Å²) in [6.45, 7) is 0.450. The van der Waals surface area contributed by atoms with Crippen LogP contribution in [0.25, 0.3) is 0 Å². The fourth-order valence-electron chi connectivity index (χ4n) is 3.17. The number of fused-ring (bicyclic) bond motifs is 1. The fraction of sp³-hybridized carbons (Fsp3) is 0.222. The van der Waals surface area contributed by atoms with Crippen LogP contribution in [0.5, 0.6) is 5.95 Å². The van der Waals surface area contributed by atoms with Crippen LogP contribution in [0.3, 0.4) is 0 Å². The highest BCUT2D eigenvalue weighted by atomic mass is 16.6. The number of nitro benzene ring substituents is 1. The number of nitro groups is 1. The quantitative estimate of drug-likeness (QED) is 0.406. The minimum Gasteiger partial charge on any atom is -0.539 e. The zero-order valence-corrected chi connectivity index (χ0v) is 13.6. The number of ether oxygens (including phenoxy) is 1. The summed E-state index contributed by atoms with van der Waals surface area (Å²) in [6, 6.07) is 15.7. The molecule has 0 saturated carbocycles. The summed E-state index contributed by atoms with van der Waals surface area (Å²) in [5.74, 6) is -0.602. The van der Waals surface area contributed by atoms with Gasteiger partial charge in [-0.05, 0) is 11.1 Å². The zero-order valence-electron chi connectivity index (χ0n) is 13.6. The van der Waals surface area contributed by atoms with Crippen molar-refractivity contribution in [1.82, 2.24) is 5.27 Å². The lowest BCUT2D eigenvalue weighted by Crippen LogP contribution is -2.39. The van der Waals surface area contributed by atoms with Crippen molar-refractivity contribution in [2.75, 3.05) is 0 Å². The standard InChI is InChI=1S/C18H15N3O5/c22-18-16-17(13-7-4-8-14(11-13)21(23)24)25-15(9-10-20(16)19-26-18)12-5-2-1-3-6-12/h1-8,11,15,17H,9-10H2/t15-,17-/m0/s1.